The number of halogens is 1. The van der Waals surface area contributed by atoms with E-state index in [1.807, 2.05) is 6.07 Å². The predicted molar refractivity (Wildman–Crippen MR) is 99.7 cm³/mol. The topological polar surface area (TPSA) is 12.0 Å². The monoisotopic (exact) mass is 325 g/mol. The molecule has 0 amide bonds. The number of hydrogen-bond donors (Lipinski definition) is 1. The second-order valence-corrected chi connectivity index (χ2v) is 6.74. The first-order valence-electron chi connectivity index (χ1n) is 8.50. The summed E-state index contributed by atoms with van der Waals surface area (Å²) < 4.78 is 0. The van der Waals surface area contributed by atoms with Crippen molar-refractivity contribution in [2.75, 3.05) is 6.54 Å². The van der Waals surface area contributed by atoms with E-state index in [-0.39, 0.29) is 5.38 Å². The molecule has 0 spiro atoms. The van der Waals surface area contributed by atoms with Crippen LogP contribution in [0.15, 0.2) is 66.7 Å². The van der Waals surface area contributed by atoms with E-state index in [1.54, 1.807) is 0 Å². The van der Waals surface area contributed by atoms with Gasteiger partial charge in [-0.3, -0.25) is 0 Å². The van der Waals surface area contributed by atoms with Crippen molar-refractivity contribution in [3.8, 4) is 0 Å². The van der Waals surface area contributed by atoms with Gasteiger partial charge in [0.2, 0.25) is 0 Å². The van der Waals surface area contributed by atoms with E-state index in [9.17, 15) is 0 Å². The Kier molecular flexibility index (Phi) is 5.90. The van der Waals surface area contributed by atoms with Crippen molar-refractivity contribution in [3.63, 3.8) is 0 Å². The van der Waals surface area contributed by atoms with Crippen molar-refractivity contribution in [1.29, 1.82) is 0 Å². The molecule has 1 aliphatic heterocycles. The lowest BCUT2D eigenvalue weighted by Crippen LogP contribution is -2.32. The summed E-state index contributed by atoms with van der Waals surface area (Å²) in [6.07, 6.45) is 6.81. The lowest BCUT2D eigenvalue weighted by atomic mass is 9.92. The van der Waals surface area contributed by atoms with Gasteiger partial charge in [-0.05, 0) is 36.0 Å². The molecule has 0 fully saturated rings. The van der Waals surface area contributed by atoms with Gasteiger partial charge in [0, 0.05) is 12.6 Å². The lowest BCUT2D eigenvalue weighted by molar-refractivity contribution is 0.475. The average Bonchev–Trinajstić information content (AvgIpc) is 2.63. The summed E-state index contributed by atoms with van der Waals surface area (Å²) in [5.74, 6) is 0. The van der Waals surface area contributed by atoms with Crippen LogP contribution in [0.25, 0.3) is 5.57 Å². The molecule has 0 aliphatic carbocycles. The molecule has 0 bridgehead atoms. The second-order valence-electron chi connectivity index (χ2n) is 6.21. The first-order chi connectivity index (χ1) is 11.3. The van der Waals surface area contributed by atoms with E-state index >= 15 is 0 Å². The van der Waals surface area contributed by atoms with Crippen LogP contribution in [0, 0.1) is 0 Å². The van der Waals surface area contributed by atoms with Crippen molar-refractivity contribution in [2.24, 2.45) is 0 Å². The van der Waals surface area contributed by atoms with Crippen LogP contribution in [0.3, 0.4) is 0 Å². The molecule has 0 radical (unpaired) electrons. The number of hydrogen-bond acceptors (Lipinski definition) is 1. The summed E-state index contributed by atoms with van der Waals surface area (Å²) in [5.41, 5.74) is 4.06. The zero-order valence-electron chi connectivity index (χ0n) is 13.4. The van der Waals surface area contributed by atoms with Crippen LogP contribution in [0.4, 0.5) is 0 Å². The first-order valence-corrected chi connectivity index (χ1v) is 8.93. The maximum atomic E-state index is 6.52. The third-order valence-corrected chi connectivity index (χ3v) is 5.01. The average molecular weight is 326 g/mol. The summed E-state index contributed by atoms with van der Waals surface area (Å²) in [6.45, 7) is 0.970. The number of rotatable bonds is 6. The van der Waals surface area contributed by atoms with Gasteiger partial charge in [0.1, 0.15) is 0 Å². The largest absolute Gasteiger partial charge is 0.310 e. The number of benzene rings is 2. The summed E-state index contributed by atoms with van der Waals surface area (Å²) in [7, 11) is 0. The van der Waals surface area contributed by atoms with E-state index in [1.165, 1.54) is 23.1 Å². The van der Waals surface area contributed by atoms with Gasteiger partial charge < -0.3 is 5.32 Å². The zero-order chi connectivity index (χ0) is 15.9. The highest BCUT2D eigenvalue weighted by Gasteiger charge is 2.16. The fraction of sp³-hybridized carbons (Fsp3) is 0.333. The van der Waals surface area contributed by atoms with Crippen molar-refractivity contribution < 1.29 is 0 Å². The molecule has 2 aromatic carbocycles. The van der Waals surface area contributed by atoms with Gasteiger partial charge >= 0.3 is 0 Å². The summed E-state index contributed by atoms with van der Waals surface area (Å²) >= 11 is 6.52. The fourth-order valence-corrected chi connectivity index (χ4v) is 3.53. The van der Waals surface area contributed by atoms with Gasteiger partial charge in [0.05, 0.1) is 5.38 Å². The van der Waals surface area contributed by atoms with Gasteiger partial charge in [-0.1, -0.05) is 73.2 Å². The van der Waals surface area contributed by atoms with Crippen LogP contribution < -0.4 is 5.32 Å². The molecule has 2 unspecified atom stereocenters. The van der Waals surface area contributed by atoms with E-state index in [0.29, 0.717) is 6.04 Å². The molecule has 0 aromatic heterocycles. The highest BCUT2D eigenvalue weighted by molar-refractivity contribution is 6.20. The molecule has 2 aromatic rings. The third-order valence-electron chi connectivity index (χ3n) is 4.54. The Hall–Kier alpha value is -1.57. The molecular weight excluding hydrogens is 302 g/mol. The van der Waals surface area contributed by atoms with Gasteiger partial charge in [0.25, 0.3) is 0 Å². The summed E-state index contributed by atoms with van der Waals surface area (Å²) in [6, 6.07) is 21.7. The zero-order valence-corrected chi connectivity index (χ0v) is 14.2. The van der Waals surface area contributed by atoms with Gasteiger partial charge in [-0.25, -0.2) is 0 Å². The van der Waals surface area contributed by atoms with Crippen LogP contribution in [0.1, 0.15) is 42.2 Å². The fourth-order valence-electron chi connectivity index (χ4n) is 3.23. The normalized spacial score (nSPS) is 19.2. The van der Waals surface area contributed by atoms with Crippen molar-refractivity contribution in [3.05, 3.63) is 77.9 Å². The Morgan fingerprint density at radius 3 is 2.43 bits per heavy atom. The lowest BCUT2D eigenvalue weighted by Gasteiger charge is -2.25. The Balaban J connectivity index is 1.47. The Bertz CT molecular complexity index is 621. The molecule has 1 N–H and O–H groups in total. The smallest absolute Gasteiger partial charge is 0.0585 e. The molecule has 2 heteroatoms. The van der Waals surface area contributed by atoms with E-state index in [4.69, 9.17) is 11.6 Å². The predicted octanol–water partition coefficient (Wildman–Crippen LogP) is 5.58. The van der Waals surface area contributed by atoms with E-state index in [2.05, 4.69) is 66.0 Å². The molecule has 3 rings (SSSR count). The summed E-state index contributed by atoms with van der Waals surface area (Å²) in [5, 5.41) is 3.74. The molecule has 0 saturated heterocycles. The maximum Gasteiger partial charge on any atom is 0.0585 e. The quantitative estimate of drug-likeness (QED) is 0.683. The minimum absolute atomic E-state index is 0.129. The van der Waals surface area contributed by atoms with Crippen LogP contribution >= 0.6 is 11.6 Å². The number of alkyl halides is 1. The molecule has 2 atom stereocenters. The minimum Gasteiger partial charge on any atom is -0.310 e. The van der Waals surface area contributed by atoms with Crippen molar-refractivity contribution in [2.45, 2.75) is 37.1 Å². The molecule has 1 aliphatic rings. The van der Waals surface area contributed by atoms with Crippen LogP contribution in [-0.4, -0.2) is 12.6 Å². The molecule has 120 valence electrons. The Morgan fingerprint density at radius 1 is 1.00 bits per heavy atom. The highest BCUT2D eigenvalue weighted by Crippen LogP contribution is 2.28. The molecule has 1 heterocycles. The van der Waals surface area contributed by atoms with Gasteiger partial charge in [-0.15, -0.1) is 11.6 Å². The molecule has 0 saturated carbocycles. The Labute approximate surface area is 144 Å². The van der Waals surface area contributed by atoms with Crippen LogP contribution in [0.2, 0.25) is 0 Å². The second kappa shape index (κ2) is 8.33. The number of nitrogens with one attached hydrogen (secondary N) is 1. The van der Waals surface area contributed by atoms with Gasteiger partial charge in [-0.2, -0.15) is 0 Å². The highest BCUT2D eigenvalue weighted by atomic mass is 35.5. The van der Waals surface area contributed by atoms with Crippen LogP contribution in [0.5, 0.6) is 0 Å². The summed E-state index contributed by atoms with van der Waals surface area (Å²) in [4.78, 5) is 0. The van der Waals surface area contributed by atoms with Crippen LogP contribution in [-0.2, 0) is 0 Å². The molecule has 1 nitrogen and oxygen atoms in total. The standard InChI is InChI=1S/C21H24ClN/c22-21(18-10-5-2-6-11-18)13-7-12-20-16-19(14-15-23-20)17-8-3-1-4-9-17/h1-6,8-11,14,20-21,23H,7,12-13,15-16H2. The maximum absolute atomic E-state index is 6.52. The van der Waals surface area contributed by atoms with E-state index < -0.39 is 0 Å². The Morgan fingerprint density at radius 2 is 1.70 bits per heavy atom. The van der Waals surface area contributed by atoms with Gasteiger partial charge in [0.15, 0.2) is 0 Å². The molecular formula is C21H24ClN. The molecule has 23 heavy (non-hydrogen) atoms. The first kappa shape index (κ1) is 16.3. The third kappa shape index (κ3) is 4.70. The SMILES string of the molecule is ClC(CCCC1CC(c2ccccc2)=CCN1)c1ccccc1. The van der Waals surface area contributed by atoms with Crippen molar-refractivity contribution in [1.82, 2.24) is 5.32 Å². The van der Waals surface area contributed by atoms with E-state index in [0.717, 1.165) is 25.8 Å². The van der Waals surface area contributed by atoms with Crippen molar-refractivity contribution >= 4 is 17.2 Å². The minimum atomic E-state index is 0.129.